The molecule has 1 amide bonds. The number of hydrogen-bond donors (Lipinski definition) is 1. The average Bonchev–Trinajstić information content (AvgIpc) is 3.26. The zero-order chi connectivity index (χ0) is 26.0. The van der Waals surface area contributed by atoms with E-state index in [2.05, 4.69) is 20.3 Å². The van der Waals surface area contributed by atoms with Crippen molar-refractivity contribution in [2.75, 3.05) is 13.1 Å². The van der Waals surface area contributed by atoms with Gasteiger partial charge in [-0.15, -0.1) is 0 Å². The number of amides is 1. The van der Waals surface area contributed by atoms with Gasteiger partial charge < -0.3 is 5.32 Å². The number of pyridine rings is 1. The van der Waals surface area contributed by atoms with Crippen LogP contribution in [0.25, 0.3) is 10.9 Å². The van der Waals surface area contributed by atoms with Gasteiger partial charge in [0.15, 0.2) is 0 Å². The standard InChI is InChI=1S/C28H34F3N5O/c1-35-18-25-24(3-2-4-26(25)34-35)27(37)33-22-7-5-19(6-8-22)10-13-36-14-11-20-16-32-23(15-21(20)17-36)9-12-28(29,30)31/h2-4,15-16,18-19,22H,5-14,17H2,1H3,(H,33,37)/t19-,22-. The second-order valence-electron chi connectivity index (χ2n) is 10.6. The summed E-state index contributed by atoms with van der Waals surface area (Å²) in [6, 6.07) is 7.71. The second-order valence-corrected chi connectivity index (χ2v) is 10.6. The van der Waals surface area contributed by atoms with Crippen LogP contribution in [0.3, 0.4) is 0 Å². The molecule has 0 atom stereocenters. The lowest BCUT2D eigenvalue weighted by atomic mass is 9.83. The van der Waals surface area contributed by atoms with Crippen molar-refractivity contribution in [2.45, 2.75) is 70.1 Å². The third kappa shape index (κ3) is 6.50. The van der Waals surface area contributed by atoms with Crippen LogP contribution < -0.4 is 5.32 Å². The largest absolute Gasteiger partial charge is 0.389 e. The van der Waals surface area contributed by atoms with Crippen LogP contribution in [0.15, 0.2) is 36.7 Å². The summed E-state index contributed by atoms with van der Waals surface area (Å²) in [6.07, 6.45) is 4.77. The van der Waals surface area contributed by atoms with Gasteiger partial charge in [-0.1, -0.05) is 6.07 Å². The fourth-order valence-corrected chi connectivity index (χ4v) is 5.73. The van der Waals surface area contributed by atoms with Gasteiger partial charge in [0.05, 0.1) is 11.1 Å². The Hall–Kier alpha value is -2.94. The van der Waals surface area contributed by atoms with Crippen LogP contribution in [0.2, 0.25) is 0 Å². The maximum absolute atomic E-state index is 12.9. The van der Waals surface area contributed by atoms with Gasteiger partial charge in [0.2, 0.25) is 0 Å². The number of carbonyl (C=O) groups excluding carboxylic acids is 1. The van der Waals surface area contributed by atoms with Crippen LogP contribution in [0.5, 0.6) is 0 Å². The Labute approximate surface area is 215 Å². The number of nitrogens with zero attached hydrogens (tertiary/aromatic N) is 4. The summed E-state index contributed by atoms with van der Waals surface area (Å²) in [5.41, 5.74) is 4.31. The fraction of sp³-hybridized carbons (Fsp3) is 0.536. The fourth-order valence-electron chi connectivity index (χ4n) is 5.73. The number of alkyl halides is 3. The molecule has 1 N–H and O–H groups in total. The zero-order valence-electron chi connectivity index (χ0n) is 21.2. The monoisotopic (exact) mass is 513 g/mol. The number of nitrogens with one attached hydrogen (secondary N) is 1. The summed E-state index contributed by atoms with van der Waals surface area (Å²) in [7, 11) is 1.86. The minimum Gasteiger partial charge on any atom is -0.349 e. The zero-order valence-corrected chi connectivity index (χ0v) is 21.2. The number of hydrogen-bond acceptors (Lipinski definition) is 4. The van der Waals surface area contributed by atoms with Gasteiger partial charge in [-0.05, 0) is 86.7 Å². The van der Waals surface area contributed by atoms with E-state index in [1.807, 2.05) is 37.5 Å². The van der Waals surface area contributed by atoms with Gasteiger partial charge in [0, 0.05) is 56.1 Å². The van der Waals surface area contributed by atoms with E-state index in [9.17, 15) is 18.0 Å². The minimum atomic E-state index is -4.15. The number of halogens is 3. The van der Waals surface area contributed by atoms with Gasteiger partial charge in [0.25, 0.3) is 5.91 Å². The van der Waals surface area contributed by atoms with Crippen LogP contribution in [-0.2, 0) is 26.4 Å². The first-order valence-corrected chi connectivity index (χ1v) is 13.2. The van der Waals surface area contributed by atoms with E-state index in [4.69, 9.17) is 0 Å². The highest BCUT2D eigenvalue weighted by Gasteiger charge is 2.28. The van der Waals surface area contributed by atoms with Gasteiger partial charge >= 0.3 is 6.18 Å². The average molecular weight is 514 g/mol. The molecular formula is C28H34F3N5O. The van der Waals surface area contributed by atoms with E-state index in [1.165, 1.54) is 0 Å². The lowest BCUT2D eigenvalue weighted by molar-refractivity contribution is -0.134. The van der Waals surface area contributed by atoms with Crippen molar-refractivity contribution in [1.29, 1.82) is 0 Å². The van der Waals surface area contributed by atoms with Gasteiger partial charge in [0.1, 0.15) is 0 Å². The Kier molecular flexibility index (Phi) is 7.51. The number of rotatable bonds is 7. The van der Waals surface area contributed by atoms with E-state index in [-0.39, 0.29) is 18.4 Å². The lowest BCUT2D eigenvalue weighted by Crippen LogP contribution is -2.38. The Morgan fingerprint density at radius 2 is 1.97 bits per heavy atom. The number of aromatic nitrogens is 3. The molecule has 1 aliphatic heterocycles. The smallest absolute Gasteiger partial charge is 0.349 e. The predicted molar refractivity (Wildman–Crippen MR) is 136 cm³/mol. The summed E-state index contributed by atoms with van der Waals surface area (Å²) in [6.45, 7) is 2.73. The van der Waals surface area contributed by atoms with Gasteiger partial charge in [-0.25, -0.2) is 0 Å². The molecule has 0 spiro atoms. The predicted octanol–water partition coefficient (Wildman–Crippen LogP) is 5.20. The molecule has 5 rings (SSSR count). The van der Waals surface area contributed by atoms with E-state index >= 15 is 0 Å². The normalized spacial score (nSPS) is 20.6. The van der Waals surface area contributed by atoms with Crippen LogP contribution in [-0.4, -0.2) is 50.9 Å². The molecule has 3 heterocycles. The van der Waals surface area contributed by atoms with Crippen LogP contribution in [0, 0.1) is 5.92 Å². The Bertz CT molecular complexity index is 1250. The highest BCUT2D eigenvalue weighted by Crippen LogP contribution is 2.29. The molecule has 1 saturated carbocycles. The Morgan fingerprint density at radius 3 is 2.76 bits per heavy atom. The Balaban J connectivity index is 1.07. The van der Waals surface area contributed by atoms with Gasteiger partial charge in [-0.2, -0.15) is 18.3 Å². The molecule has 6 nitrogen and oxygen atoms in total. The summed E-state index contributed by atoms with van der Waals surface area (Å²) in [5.74, 6) is 0.606. The molecule has 0 radical (unpaired) electrons. The molecule has 0 unspecified atom stereocenters. The molecule has 2 aliphatic rings. The molecule has 1 aliphatic carbocycles. The van der Waals surface area contributed by atoms with Crippen LogP contribution >= 0.6 is 0 Å². The SMILES string of the molecule is Cn1cc2c(C(=O)N[C@H]3CC[C@H](CCN4CCc5cnc(CCC(F)(F)F)cc5C4)CC3)cccc2n1. The summed E-state index contributed by atoms with van der Waals surface area (Å²) >= 11 is 0. The van der Waals surface area contributed by atoms with Gasteiger partial charge in [-0.3, -0.25) is 19.4 Å². The lowest BCUT2D eigenvalue weighted by Gasteiger charge is -2.33. The summed E-state index contributed by atoms with van der Waals surface area (Å²) in [4.78, 5) is 19.6. The molecule has 0 bridgehead atoms. The molecule has 2 aromatic heterocycles. The van der Waals surface area contributed by atoms with E-state index in [0.717, 1.165) is 80.2 Å². The number of carbonyl (C=O) groups is 1. The Morgan fingerprint density at radius 1 is 1.16 bits per heavy atom. The van der Waals surface area contributed by atoms with E-state index in [0.29, 0.717) is 17.2 Å². The number of benzene rings is 1. The first-order chi connectivity index (χ1) is 17.7. The minimum absolute atomic E-state index is 0.0295. The second kappa shape index (κ2) is 10.8. The third-order valence-electron chi connectivity index (χ3n) is 7.84. The van der Waals surface area contributed by atoms with E-state index in [1.54, 1.807) is 10.9 Å². The van der Waals surface area contributed by atoms with Crippen LogP contribution in [0.1, 0.15) is 65.7 Å². The quantitative estimate of drug-likeness (QED) is 0.472. The summed E-state index contributed by atoms with van der Waals surface area (Å²) in [5, 5.41) is 8.51. The van der Waals surface area contributed by atoms with Crippen molar-refractivity contribution >= 4 is 16.8 Å². The van der Waals surface area contributed by atoms with Crippen molar-refractivity contribution < 1.29 is 18.0 Å². The highest BCUT2D eigenvalue weighted by atomic mass is 19.4. The van der Waals surface area contributed by atoms with Crippen molar-refractivity contribution in [3.05, 3.63) is 59.0 Å². The number of aryl methyl sites for hydroxylation is 2. The molecule has 3 aromatic rings. The third-order valence-corrected chi connectivity index (χ3v) is 7.84. The molecule has 37 heavy (non-hydrogen) atoms. The van der Waals surface area contributed by atoms with Crippen molar-refractivity contribution in [2.24, 2.45) is 13.0 Å². The molecule has 1 fully saturated rings. The molecule has 198 valence electrons. The molecule has 1 aromatic carbocycles. The first kappa shape index (κ1) is 25.7. The first-order valence-electron chi connectivity index (χ1n) is 13.2. The van der Waals surface area contributed by atoms with Crippen LogP contribution in [0.4, 0.5) is 13.2 Å². The van der Waals surface area contributed by atoms with Crippen molar-refractivity contribution in [3.63, 3.8) is 0 Å². The molecule has 9 heteroatoms. The van der Waals surface area contributed by atoms with Crippen molar-refractivity contribution in [3.8, 4) is 0 Å². The topological polar surface area (TPSA) is 63.1 Å². The van der Waals surface area contributed by atoms with Crippen molar-refractivity contribution in [1.82, 2.24) is 25.0 Å². The number of fused-ring (bicyclic) bond motifs is 2. The molecule has 0 saturated heterocycles. The van der Waals surface area contributed by atoms with E-state index < -0.39 is 12.6 Å². The summed E-state index contributed by atoms with van der Waals surface area (Å²) < 4.78 is 39.5. The maximum atomic E-state index is 12.9. The molecular weight excluding hydrogens is 479 g/mol. The maximum Gasteiger partial charge on any atom is 0.389 e. The highest BCUT2D eigenvalue weighted by molar-refractivity contribution is 6.06.